The Bertz CT molecular complexity index is 637. The van der Waals surface area contributed by atoms with Crippen LogP contribution in [0.25, 0.3) is 0 Å². The van der Waals surface area contributed by atoms with Crippen molar-refractivity contribution in [3.63, 3.8) is 0 Å². The Kier molecular flexibility index (Phi) is 5.64. The highest BCUT2D eigenvalue weighted by Gasteiger charge is 2.22. The number of carboxylic acids is 1. The Morgan fingerprint density at radius 3 is 2.71 bits per heavy atom. The van der Waals surface area contributed by atoms with Gasteiger partial charge in [0.15, 0.2) is 0 Å². The van der Waals surface area contributed by atoms with E-state index in [1.165, 1.54) is 24.8 Å². The zero-order chi connectivity index (χ0) is 16.8. The first-order chi connectivity index (χ1) is 11.7. The molecule has 128 valence electrons. The van der Waals surface area contributed by atoms with Crippen LogP contribution in [-0.4, -0.2) is 38.3 Å². The highest BCUT2D eigenvalue weighted by molar-refractivity contribution is 5.70. The van der Waals surface area contributed by atoms with Crippen molar-refractivity contribution in [1.29, 1.82) is 0 Å². The first kappa shape index (κ1) is 16.7. The molecule has 5 nitrogen and oxygen atoms in total. The number of aliphatic carboxylic acids is 1. The van der Waals surface area contributed by atoms with Crippen LogP contribution in [0.4, 0.5) is 0 Å². The van der Waals surface area contributed by atoms with Crippen LogP contribution < -0.4 is 0 Å². The molecule has 1 saturated heterocycles. The molecule has 1 aromatic heterocycles. The van der Waals surface area contributed by atoms with Gasteiger partial charge >= 0.3 is 5.97 Å². The Labute approximate surface area is 142 Å². The summed E-state index contributed by atoms with van der Waals surface area (Å²) in [5.74, 6) is -0.780. The SMILES string of the molecule is O=C(O)Cc1ccc(CN2CCCC[C@@H]2CCn2cccn2)cc1. The lowest BCUT2D eigenvalue weighted by Crippen LogP contribution is -2.39. The average Bonchev–Trinajstić information content (AvgIpc) is 3.09. The van der Waals surface area contributed by atoms with E-state index in [0.717, 1.165) is 31.6 Å². The highest BCUT2D eigenvalue weighted by atomic mass is 16.4. The monoisotopic (exact) mass is 327 g/mol. The molecule has 0 amide bonds. The molecular weight excluding hydrogens is 302 g/mol. The first-order valence-electron chi connectivity index (χ1n) is 8.72. The van der Waals surface area contributed by atoms with Crippen molar-refractivity contribution < 1.29 is 9.90 Å². The number of aromatic nitrogens is 2. The average molecular weight is 327 g/mol. The van der Waals surface area contributed by atoms with E-state index in [-0.39, 0.29) is 6.42 Å². The fourth-order valence-electron chi connectivity index (χ4n) is 3.48. The van der Waals surface area contributed by atoms with Crippen molar-refractivity contribution in [1.82, 2.24) is 14.7 Å². The maximum atomic E-state index is 10.8. The summed E-state index contributed by atoms with van der Waals surface area (Å²) in [7, 11) is 0. The zero-order valence-corrected chi connectivity index (χ0v) is 14.0. The summed E-state index contributed by atoms with van der Waals surface area (Å²) in [4.78, 5) is 13.3. The number of carbonyl (C=O) groups is 1. The molecule has 1 aliphatic rings. The predicted molar refractivity (Wildman–Crippen MR) is 92.7 cm³/mol. The molecule has 1 fully saturated rings. The second kappa shape index (κ2) is 8.11. The van der Waals surface area contributed by atoms with Gasteiger partial charge in [0.1, 0.15) is 0 Å². The molecule has 0 spiro atoms. The second-order valence-corrected chi connectivity index (χ2v) is 6.56. The third-order valence-corrected chi connectivity index (χ3v) is 4.76. The normalized spacial score (nSPS) is 18.6. The van der Waals surface area contributed by atoms with Crippen LogP contribution in [0.15, 0.2) is 42.7 Å². The summed E-state index contributed by atoms with van der Waals surface area (Å²) in [6, 6.07) is 10.6. The van der Waals surface area contributed by atoms with Crippen molar-refractivity contribution in [2.75, 3.05) is 6.54 Å². The quantitative estimate of drug-likeness (QED) is 0.849. The topological polar surface area (TPSA) is 58.4 Å². The van der Waals surface area contributed by atoms with Gasteiger partial charge in [-0.05, 0) is 43.0 Å². The minimum absolute atomic E-state index is 0.0937. The molecular formula is C19H25N3O2. The summed E-state index contributed by atoms with van der Waals surface area (Å²) in [6.07, 6.45) is 8.88. The van der Waals surface area contributed by atoms with E-state index >= 15 is 0 Å². The van der Waals surface area contributed by atoms with Crippen molar-refractivity contribution in [3.05, 3.63) is 53.9 Å². The lowest BCUT2D eigenvalue weighted by Gasteiger charge is -2.36. The highest BCUT2D eigenvalue weighted by Crippen LogP contribution is 2.22. The van der Waals surface area contributed by atoms with E-state index in [4.69, 9.17) is 5.11 Å². The van der Waals surface area contributed by atoms with Crippen LogP contribution in [0.5, 0.6) is 0 Å². The number of likely N-dealkylation sites (tertiary alicyclic amines) is 1. The molecule has 1 N–H and O–H groups in total. The third kappa shape index (κ3) is 4.68. The van der Waals surface area contributed by atoms with Crippen molar-refractivity contribution in [2.45, 2.75) is 51.2 Å². The van der Waals surface area contributed by atoms with E-state index in [0.29, 0.717) is 6.04 Å². The largest absolute Gasteiger partial charge is 0.481 e. The van der Waals surface area contributed by atoms with Gasteiger partial charge in [0.05, 0.1) is 6.42 Å². The van der Waals surface area contributed by atoms with Crippen LogP contribution >= 0.6 is 0 Å². The third-order valence-electron chi connectivity index (χ3n) is 4.76. The van der Waals surface area contributed by atoms with E-state index in [9.17, 15) is 4.79 Å². The number of piperidine rings is 1. The van der Waals surface area contributed by atoms with Gasteiger partial charge < -0.3 is 5.11 Å². The number of benzene rings is 1. The van der Waals surface area contributed by atoms with Crippen molar-refractivity contribution in [2.24, 2.45) is 0 Å². The predicted octanol–water partition coefficient (Wildman–Crippen LogP) is 2.96. The summed E-state index contributed by atoms with van der Waals surface area (Å²) >= 11 is 0. The number of aryl methyl sites for hydroxylation is 1. The smallest absolute Gasteiger partial charge is 0.307 e. The zero-order valence-electron chi connectivity index (χ0n) is 14.0. The fraction of sp³-hybridized carbons (Fsp3) is 0.474. The van der Waals surface area contributed by atoms with E-state index < -0.39 is 5.97 Å². The molecule has 1 atom stereocenters. The number of hydrogen-bond donors (Lipinski definition) is 1. The van der Waals surface area contributed by atoms with Crippen LogP contribution in [0.3, 0.4) is 0 Å². The van der Waals surface area contributed by atoms with Gasteiger partial charge in [0.25, 0.3) is 0 Å². The van der Waals surface area contributed by atoms with Gasteiger partial charge in [-0.25, -0.2) is 0 Å². The van der Waals surface area contributed by atoms with Gasteiger partial charge in [-0.15, -0.1) is 0 Å². The maximum absolute atomic E-state index is 10.8. The molecule has 0 radical (unpaired) electrons. The van der Waals surface area contributed by atoms with Crippen LogP contribution in [0.2, 0.25) is 0 Å². The molecule has 5 heteroatoms. The molecule has 1 aromatic carbocycles. The molecule has 2 heterocycles. The van der Waals surface area contributed by atoms with Gasteiger partial charge in [-0.1, -0.05) is 30.7 Å². The molecule has 3 rings (SSSR count). The van der Waals surface area contributed by atoms with Crippen molar-refractivity contribution in [3.8, 4) is 0 Å². The van der Waals surface area contributed by atoms with Crippen molar-refractivity contribution >= 4 is 5.97 Å². The van der Waals surface area contributed by atoms with Crippen LogP contribution in [-0.2, 0) is 24.3 Å². The molecule has 0 saturated carbocycles. The fourth-order valence-corrected chi connectivity index (χ4v) is 3.48. The number of nitrogens with zero attached hydrogens (tertiary/aromatic N) is 3. The lowest BCUT2D eigenvalue weighted by molar-refractivity contribution is -0.136. The van der Waals surface area contributed by atoms with Gasteiger partial charge in [0, 0.05) is 31.5 Å². The first-order valence-corrected chi connectivity index (χ1v) is 8.72. The van der Waals surface area contributed by atoms with E-state index in [1.54, 1.807) is 0 Å². The molecule has 24 heavy (non-hydrogen) atoms. The number of rotatable bonds is 7. The van der Waals surface area contributed by atoms with Gasteiger partial charge in [-0.2, -0.15) is 5.10 Å². The maximum Gasteiger partial charge on any atom is 0.307 e. The second-order valence-electron chi connectivity index (χ2n) is 6.56. The van der Waals surface area contributed by atoms with Crippen LogP contribution in [0, 0.1) is 0 Å². The molecule has 0 aliphatic carbocycles. The number of hydrogen-bond acceptors (Lipinski definition) is 3. The number of carboxylic acid groups (broad SMARTS) is 1. The lowest BCUT2D eigenvalue weighted by atomic mass is 9.98. The molecule has 0 unspecified atom stereocenters. The summed E-state index contributed by atoms with van der Waals surface area (Å²) in [6.45, 7) is 3.05. The molecule has 2 aromatic rings. The van der Waals surface area contributed by atoms with E-state index in [1.807, 2.05) is 35.3 Å². The summed E-state index contributed by atoms with van der Waals surface area (Å²) in [5, 5.41) is 13.1. The summed E-state index contributed by atoms with van der Waals surface area (Å²) in [5.41, 5.74) is 2.12. The summed E-state index contributed by atoms with van der Waals surface area (Å²) < 4.78 is 2.01. The Morgan fingerprint density at radius 1 is 1.21 bits per heavy atom. The van der Waals surface area contributed by atoms with Crippen LogP contribution in [0.1, 0.15) is 36.8 Å². The van der Waals surface area contributed by atoms with E-state index in [2.05, 4.69) is 22.1 Å². The Hall–Kier alpha value is -2.14. The Morgan fingerprint density at radius 2 is 2.00 bits per heavy atom. The van der Waals surface area contributed by atoms with Gasteiger partial charge in [0.2, 0.25) is 0 Å². The Balaban J connectivity index is 1.57. The molecule has 1 aliphatic heterocycles. The molecule has 0 bridgehead atoms. The minimum atomic E-state index is -0.780. The standard InChI is InChI=1S/C19H25N3O2/c23-19(24)14-16-5-7-17(8-6-16)15-21-11-2-1-4-18(21)9-13-22-12-3-10-20-22/h3,5-8,10,12,18H,1-2,4,9,11,13-15H2,(H,23,24)/t18-/m1/s1. The van der Waals surface area contributed by atoms with Gasteiger partial charge in [-0.3, -0.25) is 14.4 Å². The minimum Gasteiger partial charge on any atom is -0.481 e.